The van der Waals surface area contributed by atoms with E-state index < -0.39 is 16.0 Å². The Kier molecular flexibility index (Phi) is 7.47. The molecule has 0 aliphatic carbocycles. The van der Waals surface area contributed by atoms with Crippen LogP contribution in [0.1, 0.15) is 30.1 Å². The fraction of sp³-hybridized carbons (Fsp3) is 0.533. The van der Waals surface area contributed by atoms with Gasteiger partial charge in [-0.05, 0) is 57.0 Å². The zero-order valence-corrected chi connectivity index (χ0v) is 14.9. The lowest BCUT2D eigenvalue weighted by Gasteiger charge is -2.28. The van der Waals surface area contributed by atoms with Crippen molar-refractivity contribution < 1.29 is 17.9 Å². The van der Waals surface area contributed by atoms with Crippen LogP contribution in [-0.4, -0.2) is 40.6 Å². The summed E-state index contributed by atoms with van der Waals surface area (Å²) in [6.45, 7) is 3.67. The number of sulfonamides is 1. The standard InChI is InChI=1S/C15H22N2O4S.ClH/c1-11(13-6-4-8-16-10-13)17-22(19,20)14-7-3-5-12(9-14)15(18)21-2;/h3,5,7,9,11,13,16-17H,4,6,8,10H2,1-2H3;1H. The van der Waals surface area contributed by atoms with E-state index in [9.17, 15) is 13.2 Å². The van der Waals surface area contributed by atoms with Crippen LogP contribution in [0.3, 0.4) is 0 Å². The van der Waals surface area contributed by atoms with Gasteiger partial charge >= 0.3 is 5.97 Å². The highest BCUT2D eigenvalue weighted by Crippen LogP contribution is 2.18. The minimum Gasteiger partial charge on any atom is -0.465 e. The maximum atomic E-state index is 12.5. The molecule has 1 aliphatic rings. The second-order valence-electron chi connectivity index (χ2n) is 5.54. The van der Waals surface area contributed by atoms with Crippen molar-refractivity contribution in [2.75, 3.05) is 20.2 Å². The molecule has 1 aromatic rings. The van der Waals surface area contributed by atoms with Crippen molar-refractivity contribution in [2.45, 2.75) is 30.7 Å². The number of hydrogen-bond donors (Lipinski definition) is 2. The number of methoxy groups -OCH3 is 1. The van der Waals surface area contributed by atoms with Gasteiger partial charge in [-0.15, -0.1) is 12.4 Å². The molecular formula is C15H23ClN2O4S. The summed E-state index contributed by atoms with van der Waals surface area (Å²) in [7, 11) is -2.39. The third-order valence-electron chi connectivity index (χ3n) is 3.95. The summed E-state index contributed by atoms with van der Waals surface area (Å²) in [5, 5.41) is 3.28. The summed E-state index contributed by atoms with van der Waals surface area (Å²) >= 11 is 0. The first kappa shape index (κ1) is 19.9. The zero-order valence-electron chi connectivity index (χ0n) is 13.2. The number of carbonyl (C=O) groups excluding carboxylic acids is 1. The average molecular weight is 363 g/mol. The van der Waals surface area contributed by atoms with Crippen LogP contribution in [0.15, 0.2) is 29.2 Å². The average Bonchev–Trinajstić information content (AvgIpc) is 2.54. The van der Waals surface area contributed by atoms with E-state index in [4.69, 9.17) is 0 Å². The van der Waals surface area contributed by atoms with E-state index in [0.29, 0.717) is 0 Å². The quantitative estimate of drug-likeness (QED) is 0.776. The van der Waals surface area contributed by atoms with Crippen LogP contribution >= 0.6 is 12.4 Å². The summed E-state index contributed by atoms with van der Waals surface area (Å²) in [5.41, 5.74) is 0.220. The van der Waals surface area contributed by atoms with Crippen LogP contribution in [0.4, 0.5) is 0 Å². The van der Waals surface area contributed by atoms with Crippen molar-refractivity contribution in [3.05, 3.63) is 29.8 Å². The molecule has 0 aromatic heterocycles. The largest absolute Gasteiger partial charge is 0.465 e. The maximum Gasteiger partial charge on any atom is 0.337 e. The van der Waals surface area contributed by atoms with Crippen molar-refractivity contribution in [1.82, 2.24) is 10.0 Å². The summed E-state index contributed by atoms with van der Waals surface area (Å²) in [6, 6.07) is 5.70. The van der Waals surface area contributed by atoms with Gasteiger partial charge in [0.2, 0.25) is 10.0 Å². The lowest BCUT2D eigenvalue weighted by atomic mass is 9.94. The van der Waals surface area contributed by atoms with Crippen molar-refractivity contribution in [1.29, 1.82) is 0 Å². The molecule has 1 aliphatic heterocycles. The van der Waals surface area contributed by atoms with Gasteiger partial charge in [-0.2, -0.15) is 0 Å². The van der Waals surface area contributed by atoms with E-state index in [-0.39, 0.29) is 34.8 Å². The first-order valence-corrected chi connectivity index (χ1v) is 8.84. The lowest BCUT2D eigenvalue weighted by molar-refractivity contribution is 0.0600. The number of carbonyl (C=O) groups is 1. The smallest absolute Gasteiger partial charge is 0.337 e. The monoisotopic (exact) mass is 362 g/mol. The highest BCUT2D eigenvalue weighted by Gasteiger charge is 2.25. The van der Waals surface area contributed by atoms with Crippen LogP contribution < -0.4 is 10.0 Å². The Balaban J connectivity index is 0.00000264. The molecule has 8 heteroatoms. The van der Waals surface area contributed by atoms with Crippen LogP contribution in [-0.2, 0) is 14.8 Å². The second kappa shape index (κ2) is 8.63. The minimum atomic E-state index is -3.66. The van der Waals surface area contributed by atoms with Gasteiger partial charge in [0.05, 0.1) is 17.6 Å². The normalized spacial score (nSPS) is 19.5. The number of ether oxygens (including phenoxy) is 1. The highest BCUT2D eigenvalue weighted by atomic mass is 35.5. The minimum absolute atomic E-state index is 0. The Bertz CT molecular complexity index is 630. The number of nitrogens with one attached hydrogen (secondary N) is 2. The molecule has 6 nitrogen and oxygen atoms in total. The van der Waals surface area contributed by atoms with E-state index in [1.54, 1.807) is 0 Å². The number of benzene rings is 1. The van der Waals surface area contributed by atoms with Crippen molar-refractivity contribution in [3.8, 4) is 0 Å². The van der Waals surface area contributed by atoms with Gasteiger partial charge in [-0.1, -0.05) is 6.07 Å². The summed E-state index contributed by atoms with van der Waals surface area (Å²) < 4.78 is 32.3. The second-order valence-corrected chi connectivity index (χ2v) is 7.25. The molecule has 0 saturated carbocycles. The van der Waals surface area contributed by atoms with Gasteiger partial charge in [0.25, 0.3) is 0 Å². The number of halogens is 1. The molecule has 1 saturated heterocycles. The predicted molar refractivity (Wildman–Crippen MR) is 90.4 cm³/mol. The molecule has 0 bridgehead atoms. The van der Waals surface area contributed by atoms with Crippen LogP contribution in [0.25, 0.3) is 0 Å². The fourth-order valence-electron chi connectivity index (χ4n) is 2.62. The molecule has 23 heavy (non-hydrogen) atoms. The Morgan fingerprint density at radius 2 is 2.17 bits per heavy atom. The highest BCUT2D eigenvalue weighted by molar-refractivity contribution is 7.89. The Morgan fingerprint density at radius 3 is 2.78 bits per heavy atom. The predicted octanol–water partition coefficient (Wildman–Crippen LogP) is 1.56. The molecule has 0 amide bonds. The van der Waals surface area contributed by atoms with E-state index in [2.05, 4.69) is 14.8 Å². The lowest BCUT2D eigenvalue weighted by Crippen LogP contribution is -2.44. The van der Waals surface area contributed by atoms with Crippen molar-refractivity contribution in [3.63, 3.8) is 0 Å². The van der Waals surface area contributed by atoms with Gasteiger partial charge in [0.1, 0.15) is 0 Å². The third kappa shape index (κ3) is 5.17. The fourth-order valence-corrected chi connectivity index (χ4v) is 3.98. The molecular weight excluding hydrogens is 340 g/mol. The number of hydrogen-bond acceptors (Lipinski definition) is 5. The van der Waals surface area contributed by atoms with Gasteiger partial charge < -0.3 is 10.1 Å². The molecule has 0 spiro atoms. The van der Waals surface area contributed by atoms with Gasteiger partial charge in [0.15, 0.2) is 0 Å². The van der Waals surface area contributed by atoms with Crippen molar-refractivity contribution in [2.24, 2.45) is 5.92 Å². The van der Waals surface area contributed by atoms with Gasteiger partial charge in [0, 0.05) is 6.04 Å². The topological polar surface area (TPSA) is 84.5 Å². The summed E-state index contributed by atoms with van der Waals surface area (Å²) in [6.07, 6.45) is 2.05. The molecule has 2 N–H and O–H groups in total. The van der Waals surface area contributed by atoms with Crippen LogP contribution in [0, 0.1) is 5.92 Å². The molecule has 2 unspecified atom stereocenters. The van der Waals surface area contributed by atoms with Gasteiger partial charge in [-0.25, -0.2) is 17.9 Å². The van der Waals surface area contributed by atoms with Gasteiger partial charge in [-0.3, -0.25) is 0 Å². The third-order valence-corrected chi connectivity index (χ3v) is 5.51. The Morgan fingerprint density at radius 1 is 1.43 bits per heavy atom. The first-order valence-electron chi connectivity index (χ1n) is 7.35. The van der Waals surface area contributed by atoms with E-state index in [0.717, 1.165) is 25.9 Å². The maximum absolute atomic E-state index is 12.5. The molecule has 1 heterocycles. The molecule has 0 radical (unpaired) electrons. The van der Waals surface area contributed by atoms with Crippen molar-refractivity contribution >= 4 is 28.4 Å². The first-order chi connectivity index (χ1) is 10.4. The number of piperidine rings is 1. The van der Waals surface area contributed by atoms with E-state index in [1.165, 1.54) is 31.4 Å². The number of esters is 1. The zero-order chi connectivity index (χ0) is 16.2. The number of rotatable bonds is 5. The van der Waals surface area contributed by atoms with Crippen LogP contribution in [0.5, 0.6) is 0 Å². The molecule has 2 atom stereocenters. The molecule has 2 rings (SSSR count). The Labute approximate surface area is 143 Å². The SMILES string of the molecule is COC(=O)c1cccc(S(=O)(=O)NC(C)C2CCCNC2)c1.Cl. The van der Waals surface area contributed by atoms with Crippen LogP contribution in [0.2, 0.25) is 0 Å². The Hall–Kier alpha value is -1.15. The molecule has 130 valence electrons. The summed E-state index contributed by atoms with van der Waals surface area (Å²) in [5.74, 6) is -0.283. The summed E-state index contributed by atoms with van der Waals surface area (Å²) in [4.78, 5) is 11.6. The van der Waals surface area contributed by atoms with E-state index >= 15 is 0 Å². The molecule has 1 aromatic carbocycles. The molecule has 1 fully saturated rings. The van der Waals surface area contributed by atoms with E-state index in [1.807, 2.05) is 6.92 Å².